The number of aryl methyl sites for hydroxylation is 1. The Balaban J connectivity index is 2.20. The number of likely N-dealkylation sites (N-methyl/N-ethyl adjacent to an activating group) is 1. The Morgan fingerprint density at radius 3 is 2.56 bits per heavy atom. The molecule has 1 amide bonds. The highest BCUT2D eigenvalue weighted by Gasteiger charge is 2.30. The van der Waals surface area contributed by atoms with Crippen LogP contribution in [0.5, 0.6) is 0 Å². The Hall–Kier alpha value is -3.50. The molecular formula is C21H25F3N6O2. The summed E-state index contributed by atoms with van der Waals surface area (Å²) in [7, 11) is 0. The Kier molecular flexibility index (Phi) is 8.27. The fourth-order valence-electron chi connectivity index (χ4n) is 2.87. The van der Waals surface area contributed by atoms with Crippen LogP contribution in [0.3, 0.4) is 0 Å². The van der Waals surface area contributed by atoms with Crippen molar-refractivity contribution in [2.24, 2.45) is 9.98 Å². The van der Waals surface area contributed by atoms with Gasteiger partial charge in [0.2, 0.25) is 0 Å². The van der Waals surface area contributed by atoms with E-state index in [1.165, 1.54) is 17.2 Å². The van der Waals surface area contributed by atoms with E-state index < -0.39 is 17.8 Å². The van der Waals surface area contributed by atoms with Crippen LogP contribution >= 0.6 is 0 Å². The van der Waals surface area contributed by atoms with E-state index in [0.29, 0.717) is 24.0 Å². The second-order valence-corrected chi connectivity index (χ2v) is 6.92. The molecule has 1 aromatic carbocycles. The molecular weight excluding hydrogens is 425 g/mol. The normalized spacial score (nSPS) is 13.6. The summed E-state index contributed by atoms with van der Waals surface area (Å²) >= 11 is 0. The molecule has 32 heavy (non-hydrogen) atoms. The molecule has 0 bridgehead atoms. The topological polar surface area (TPSA) is 85.0 Å². The number of carbonyl (C=O) groups is 1. The monoisotopic (exact) mass is 450 g/mol. The van der Waals surface area contributed by atoms with Crippen LogP contribution in [0.2, 0.25) is 0 Å². The van der Waals surface area contributed by atoms with Crippen molar-refractivity contribution in [3.8, 4) is 5.69 Å². The summed E-state index contributed by atoms with van der Waals surface area (Å²) in [6.07, 6.45) is -0.837. The lowest BCUT2D eigenvalue weighted by molar-refractivity contribution is -0.0915. The number of aromatic nitrogens is 3. The number of hydrogen-bond acceptors (Lipinski definition) is 5. The van der Waals surface area contributed by atoms with E-state index in [0.717, 1.165) is 12.5 Å². The predicted octanol–water partition coefficient (Wildman–Crippen LogP) is 3.97. The van der Waals surface area contributed by atoms with Crippen molar-refractivity contribution in [1.82, 2.24) is 19.9 Å². The van der Waals surface area contributed by atoms with Crippen LogP contribution in [0.4, 0.5) is 13.2 Å². The van der Waals surface area contributed by atoms with E-state index >= 15 is 0 Å². The minimum absolute atomic E-state index is 0.0441. The number of allylic oxidation sites excluding steroid dienone is 1. The third-order valence-corrected chi connectivity index (χ3v) is 4.63. The third kappa shape index (κ3) is 6.02. The molecule has 11 heteroatoms. The molecule has 1 aromatic heterocycles. The van der Waals surface area contributed by atoms with Gasteiger partial charge in [-0.1, -0.05) is 12.1 Å². The highest BCUT2D eigenvalue weighted by molar-refractivity contribution is 5.98. The number of carbonyl (C=O) groups excluding carboxylic acids is 1. The highest BCUT2D eigenvalue weighted by Crippen LogP contribution is 2.24. The van der Waals surface area contributed by atoms with Gasteiger partial charge >= 0.3 is 12.2 Å². The first-order valence-corrected chi connectivity index (χ1v) is 9.78. The summed E-state index contributed by atoms with van der Waals surface area (Å²) in [5.41, 5.74) is 0.898. The van der Waals surface area contributed by atoms with Crippen LogP contribution in [0, 0.1) is 6.92 Å². The van der Waals surface area contributed by atoms with Crippen molar-refractivity contribution < 1.29 is 22.7 Å². The first-order chi connectivity index (χ1) is 15.1. The van der Waals surface area contributed by atoms with Crippen LogP contribution in [0.25, 0.3) is 5.69 Å². The van der Waals surface area contributed by atoms with E-state index in [2.05, 4.69) is 26.9 Å². The summed E-state index contributed by atoms with van der Waals surface area (Å²) in [4.78, 5) is 23.4. The van der Waals surface area contributed by atoms with Crippen LogP contribution in [-0.4, -0.2) is 63.9 Å². The van der Waals surface area contributed by atoms with Crippen LogP contribution in [0.15, 0.2) is 52.4 Å². The van der Waals surface area contributed by atoms with Gasteiger partial charge in [0.05, 0.1) is 24.0 Å². The number of nitrogens with zero attached hydrogens (tertiary/aromatic N) is 6. The molecule has 0 unspecified atom stereocenters. The molecule has 1 atom stereocenters. The molecule has 8 nitrogen and oxygen atoms in total. The molecule has 1 heterocycles. The van der Waals surface area contributed by atoms with Crippen molar-refractivity contribution >= 4 is 18.6 Å². The van der Waals surface area contributed by atoms with Gasteiger partial charge in [-0.25, -0.2) is 9.98 Å². The second kappa shape index (κ2) is 10.7. The van der Waals surface area contributed by atoms with E-state index in [1.54, 1.807) is 24.0 Å². The number of ether oxygens (including phenoxy) is 1. The van der Waals surface area contributed by atoms with E-state index in [-0.39, 0.29) is 18.5 Å². The maximum atomic E-state index is 13.3. The Morgan fingerprint density at radius 1 is 1.34 bits per heavy atom. The fraction of sp³-hybridized carbons (Fsp3) is 0.381. The minimum atomic E-state index is -4.50. The van der Waals surface area contributed by atoms with Crippen molar-refractivity contribution in [3.05, 3.63) is 53.5 Å². The number of rotatable bonds is 7. The first kappa shape index (κ1) is 24.8. The number of alkyl halides is 3. The van der Waals surface area contributed by atoms with Gasteiger partial charge < -0.3 is 9.64 Å². The first-order valence-electron chi connectivity index (χ1n) is 9.78. The summed E-state index contributed by atoms with van der Waals surface area (Å²) in [6, 6.07) is 4.55. The standard InChI is InChI=1S/C21H25F3N6O2/c1-6-29(16(4)13-32-20(25-5)26-12-15(3)21(22,23)24)19(31)17-9-7-8-14(2)18(17)30-27-10-11-28-30/h7-12,16H,5-6,13H2,1-4H3/b15-12+,26-20+/t16-/m0/s1. The quantitative estimate of drug-likeness (QED) is 0.472. The SMILES string of the molecule is C=N/C(=N\C=C(/C)C(F)(F)F)OC[C@H](C)N(CC)C(=O)c1cccc(C)c1-n1nccn1. The van der Waals surface area contributed by atoms with Gasteiger partial charge in [0.15, 0.2) is 0 Å². The molecule has 0 saturated heterocycles. The molecule has 172 valence electrons. The number of hydrogen-bond donors (Lipinski definition) is 0. The zero-order valence-electron chi connectivity index (χ0n) is 18.3. The third-order valence-electron chi connectivity index (χ3n) is 4.63. The predicted molar refractivity (Wildman–Crippen MR) is 115 cm³/mol. The number of amidine groups is 1. The number of aliphatic imine (C=N–C) groups is 2. The van der Waals surface area contributed by atoms with Crippen molar-refractivity contribution in [2.75, 3.05) is 13.2 Å². The summed E-state index contributed by atoms with van der Waals surface area (Å²) in [6.45, 7) is 9.89. The Labute approximate surface area is 184 Å². The van der Waals surface area contributed by atoms with Gasteiger partial charge in [-0.3, -0.25) is 4.79 Å². The fourth-order valence-corrected chi connectivity index (χ4v) is 2.87. The van der Waals surface area contributed by atoms with Crippen molar-refractivity contribution in [1.29, 1.82) is 0 Å². The van der Waals surface area contributed by atoms with E-state index in [1.807, 2.05) is 19.9 Å². The molecule has 2 aromatic rings. The lowest BCUT2D eigenvalue weighted by Crippen LogP contribution is -2.42. The van der Waals surface area contributed by atoms with E-state index in [4.69, 9.17) is 4.74 Å². The average Bonchev–Trinajstić information content (AvgIpc) is 3.27. The number of amides is 1. The Bertz CT molecular complexity index is 999. The highest BCUT2D eigenvalue weighted by atomic mass is 19.4. The lowest BCUT2D eigenvalue weighted by Gasteiger charge is -2.28. The smallest absolute Gasteiger partial charge is 0.413 e. The summed E-state index contributed by atoms with van der Waals surface area (Å²) in [5.74, 6) is -0.266. The lowest BCUT2D eigenvalue weighted by atomic mass is 10.1. The summed E-state index contributed by atoms with van der Waals surface area (Å²) in [5, 5.41) is 8.26. The Morgan fingerprint density at radius 2 is 2.00 bits per heavy atom. The molecule has 0 aliphatic carbocycles. The largest absolute Gasteiger partial charge is 0.461 e. The number of benzene rings is 1. The molecule has 0 spiro atoms. The van der Waals surface area contributed by atoms with Crippen LogP contribution in [-0.2, 0) is 4.74 Å². The van der Waals surface area contributed by atoms with Crippen LogP contribution in [0.1, 0.15) is 36.7 Å². The molecule has 0 aliphatic heterocycles. The molecule has 0 fully saturated rings. The van der Waals surface area contributed by atoms with Crippen molar-refractivity contribution in [3.63, 3.8) is 0 Å². The minimum Gasteiger partial charge on any atom is -0.461 e. The molecule has 0 aliphatic rings. The van der Waals surface area contributed by atoms with Gasteiger partial charge in [-0.05, 0) is 46.0 Å². The maximum Gasteiger partial charge on any atom is 0.413 e. The zero-order chi connectivity index (χ0) is 23.9. The summed E-state index contributed by atoms with van der Waals surface area (Å²) < 4.78 is 43.2. The van der Waals surface area contributed by atoms with Gasteiger partial charge in [0.1, 0.15) is 12.3 Å². The second-order valence-electron chi connectivity index (χ2n) is 6.92. The van der Waals surface area contributed by atoms with Gasteiger partial charge in [-0.15, -0.1) is 0 Å². The van der Waals surface area contributed by atoms with Gasteiger partial charge in [-0.2, -0.15) is 28.2 Å². The number of halogens is 3. The van der Waals surface area contributed by atoms with Gasteiger partial charge in [0, 0.05) is 18.3 Å². The van der Waals surface area contributed by atoms with Gasteiger partial charge in [0.25, 0.3) is 5.91 Å². The maximum absolute atomic E-state index is 13.3. The zero-order valence-corrected chi connectivity index (χ0v) is 18.3. The average molecular weight is 450 g/mol. The molecule has 0 saturated carbocycles. The van der Waals surface area contributed by atoms with Crippen molar-refractivity contribution in [2.45, 2.75) is 39.9 Å². The number of para-hydroxylation sites is 1. The van der Waals surface area contributed by atoms with E-state index in [9.17, 15) is 18.0 Å². The molecule has 0 N–H and O–H groups in total. The van der Waals surface area contributed by atoms with Crippen LogP contribution < -0.4 is 0 Å². The molecule has 2 rings (SSSR count). The molecule has 0 radical (unpaired) electrons.